The number of hydrogen-bond acceptors (Lipinski definition) is 5. The van der Waals surface area contributed by atoms with Gasteiger partial charge in [0.05, 0.1) is 6.61 Å². The minimum atomic E-state index is 0.0723. The molecular weight excluding hydrogens is 260 g/mol. The standard InChI is InChI=1S/C14H14N2O2S/c17-7-6-16(9-11-5-8-19-10-11)14-15-12-3-1-2-4-13(12)18-14/h1-5,8,10,17H,6-7,9H2. The molecule has 4 nitrogen and oxygen atoms in total. The molecule has 2 aromatic heterocycles. The van der Waals surface area contributed by atoms with Crippen molar-refractivity contribution >= 4 is 28.5 Å². The highest BCUT2D eigenvalue weighted by Crippen LogP contribution is 2.23. The largest absolute Gasteiger partial charge is 0.423 e. The van der Waals surface area contributed by atoms with Gasteiger partial charge in [0.25, 0.3) is 6.01 Å². The number of thiophene rings is 1. The molecule has 3 rings (SSSR count). The number of aliphatic hydroxyl groups excluding tert-OH is 1. The van der Waals surface area contributed by atoms with Crippen molar-refractivity contribution in [2.45, 2.75) is 6.54 Å². The maximum absolute atomic E-state index is 9.19. The number of anilines is 1. The van der Waals surface area contributed by atoms with E-state index in [1.165, 1.54) is 5.56 Å². The Morgan fingerprint density at radius 1 is 1.26 bits per heavy atom. The lowest BCUT2D eigenvalue weighted by molar-refractivity contribution is 0.298. The summed E-state index contributed by atoms with van der Waals surface area (Å²) in [7, 11) is 0. The first-order valence-electron chi connectivity index (χ1n) is 6.09. The van der Waals surface area contributed by atoms with Gasteiger partial charge in [-0.05, 0) is 34.5 Å². The zero-order chi connectivity index (χ0) is 13.1. The summed E-state index contributed by atoms with van der Waals surface area (Å²) in [5.41, 5.74) is 2.80. The van der Waals surface area contributed by atoms with Crippen molar-refractivity contribution in [3.63, 3.8) is 0 Å². The maximum Gasteiger partial charge on any atom is 0.298 e. The van der Waals surface area contributed by atoms with Gasteiger partial charge >= 0.3 is 0 Å². The van der Waals surface area contributed by atoms with Crippen LogP contribution in [0.25, 0.3) is 11.1 Å². The number of aromatic nitrogens is 1. The van der Waals surface area contributed by atoms with Gasteiger partial charge in [-0.25, -0.2) is 0 Å². The van der Waals surface area contributed by atoms with Crippen LogP contribution in [0.4, 0.5) is 6.01 Å². The molecule has 19 heavy (non-hydrogen) atoms. The van der Waals surface area contributed by atoms with Crippen molar-refractivity contribution in [3.05, 3.63) is 46.7 Å². The Labute approximate surface area is 114 Å². The van der Waals surface area contributed by atoms with Crippen LogP contribution in [0.15, 0.2) is 45.5 Å². The lowest BCUT2D eigenvalue weighted by Gasteiger charge is -2.18. The fraction of sp³-hybridized carbons (Fsp3) is 0.214. The van der Waals surface area contributed by atoms with Gasteiger partial charge in [-0.1, -0.05) is 12.1 Å². The highest BCUT2D eigenvalue weighted by atomic mass is 32.1. The summed E-state index contributed by atoms with van der Waals surface area (Å²) in [6, 6.07) is 10.3. The predicted octanol–water partition coefficient (Wildman–Crippen LogP) is 2.89. The van der Waals surface area contributed by atoms with Crippen molar-refractivity contribution in [2.75, 3.05) is 18.1 Å². The maximum atomic E-state index is 9.19. The van der Waals surface area contributed by atoms with E-state index in [0.717, 1.165) is 11.1 Å². The molecule has 0 spiro atoms. The van der Waals surface area contributed by atoms with E-state index < -0.39 is 0 Å². The average molecular weight is 274 g/mol. The molecule has 0 aliphatic rings. The summed E-state index contributed by atoms with van der Waals surface area (Å²) < 4.78 is 5.74. The molecule has 0 saturated carbocycles. The van der Waals surface area contributed by atoms with Crippen molar-refractivity contribution in [1.82, 2.24) is 4.98 Å². The average Bonchev–Trinajstić information content (AvgIpc) is 3.06. The van der Waals surface area contributed by atoms with Crippen LogP contribution in [0.1, 0.15) is 5.56 Å². The van der Waals surface area contributed by atoms with E-state index in [4.69, 9.17) is 4.42 Å². The van der Waals surface area contributed by atoms with E-state index >= 15 is 0 Å². The molecule has 0 amide bonds. The normalized spacial score (nSPS) is 11.0. The number of rotatable bonds is 5. The number of nitrogens with zero attached hydrogens (tertiary/aromatic N) is 2. The molecule has 0 atom stereocenters. The molecule has 0 aliphatic carbocycles. The summed E-state index contributed by atoms with van der Waals surface area (Å²) in [5, 5.41) is 13.3. The van der Waals surface area contributed by atoms with E-state index in [1.54, 1.807) is 11.3 Å². The molecule has 0 unspecified atom stereocenters. The van der Waals surface area contributed by atoms with Crippen molar-refractivity contribution in [1.29, 1.82) is 0 Å². The molecule has 0 aliphatic heterocycles. The Morgan fingerprint density at radius 3 is 2.89 bits per heavy atom. The molecule has 98 valence electrons. The number of aliphatic hydroxyl groups is 1. The minimum absolute atomic E-state index is 0.0723. The summed E-state index contributed by atoms with van der Waals surface area (Å²) >= 11 is 1.66. The molecule has 2 heterocycles. The van der Waals surface area contributed by atoms with E-state index in [-0.39, 0.29) is 6.61 Å². The van der Waals surface area contributed by atoms with Crippen LogP contribution in [0, 0.1) is 0 Å². The highest BCUT2D eigenvalue weighted by molar-refractivity contribution is 7.07. The second kappa shape index (κ2) is 5.42. The Hall–Kier alpha value is -1.85. The van der Waals surface area contributed by atoms with E-state index in [2.05, 4.69) is 16.4 Å². The molecule has 0 saturated heterocycles. The molecular formula is C14H14N2O2S. The van der Waals surface area contributed by atoms with E-state index in [0.29, 0.717) is 19.1 Å². The second-order valence-electron chi connectivity index (χ2n) is 4.24. The molecule has 0 radical (unpaired) electrons. The third-order valence-electron chi connectivity index (χ3n) is 2.88. The van der Waals surface area contributed by atoms with Gasteiger partial charge in [-0.15, -0.1) is 0 Å². The van der Waals surface area contributed by atoms with Crippen LogP contribution in [0.2, 0.25) is 0 Å². The van der Waals surface area contributed by atoms with Gasteiger partial charge in [-0.2, -0.15) is 16.3 Å². The third-order valence-corrected chi connectivity index (χ3v) is 3.61. The molecule has 0 fully saturated rings. The summed E-state index contributed by atoms with van der Waals surface area (Å²) in [4.78, 5) is 6.41. The number of oxazole rings is 1. The zero-order valence-electron chi connectivity index (χ0n) is 10.3. The smallest absolute Gasteiger partial charge is 0.298 e. The first-order chi connectivity index (χ1) is 9.36. The van der Waals surface area contributed by atoms with Gasteiger partial charge in [0.1, 0.15) is 5.52 Å². The Bertz CT molecular complexity index is 615. The Balaban J connectivity index is 1.90. The van der Waals surface area contributed by atoms with Crippen LogP contribution in [-0.2, 0) is 6.54 Å². The molecule has 1 aromatic carbocycles. The SMILES string of the molecule is OCCN(Cc1ccsc1)c1nc2ccccc2o1. The quantitative estimate of drug-likeness (QED) is 0.777. The monoisotopic (exact) mass is 274 g/mol. The van der Waals surface area contributed by atoms with Gasteiger partial charge in [0.15, 0.2) is 5.58 Å². The van der Waals surface area contributed by atoms with Crippen molar-refractivity contribution in [2.24, 2.45) is 0 Å². The lowest BCUT2D eigenvalue weighted by Crippen LogP contribution is -2.26. The molecule has 1 N–H and O–H groups in total. The number of para-hydroxylation sites is 2. The van der Waals surface area contributed by atoms with Gasteiger partial charge in [-0.3, -0.25) is 0 Å². The summed E-state index contributed by atoms with van der Waals surface area (Å²) in [5.74, 6) is 0. The number of benzene rings is 1. The van der Waals surface area contributed by atoms with Crippen molar-refractivity contribution in [3.8, 4) is 0 Å². The fourth-order valence-corrected chi connectivity index (χ4v) is 2.62. The van der Waals surface area contributed by atoms with Crippen LogP contribution in [0.3, 0.4) is 0 Å². The zero-order valence-corrected chi connectivity index (χ0v) is 11.1. The molecule has 5 heteroatoms. The van der Waals surface area contributed by atoms with Crippen LogP contribution >= 0.6 is 11.3 Å². The lowest BCUT2D eigenvalue weighted by atomic mass is 10.3. The predicted molar refractivity (Wildman–Crippen MR) is 76.5 cm³/mol. The van der Waals surface area contributed by atoms with Gasteiger partial charge < -0.3 is 14.4 Å². The minimum Gasteiger partial charge on any atom is -0.423 e. The Kier molecular flexibility index (Phi) is 3.48. The number of hydrogen-bond donors (Lipinski definition) is 1. The highest BCUT2D eigenvalue weighted by Gasteiger charge is 2.14. The molecule has 0 bridgehead atoms. The molecule has 3 aromatic rings. The van der Waals surface area contributed by atoms with Crippen molar-refractivity contribution < 1.29 is 9.52 Å². The Morgan fingerprint density at radius 2 is 2.16 bits per heavy atom. The second-order valence-corrected chi connectivity index (χ2v) is 5.02. The van der Waals surface area contributed by atoms with Crippen LogP contribution < -0.4 is 4.90 Å². The van der Waals surface area contributed by atoms with E-state index in [9.17, 15) is 5.11 Å². The number of fused-ring (bicyclic) bond motifs is 1. The van der Waals surface area contributed by atoms with Crippen LogP contribution in [0.5, 0.6) is 0 Å². The van der Waals surface area contributed by atoms with Gasteiger partial charge in [0, 0.05) is 13.1 Å². The summed E-state index contributed by atoms with van der Waals surface area (Å²) in [6.07, 6.45) is 0. The topological polar surface area (TPSA) is 49.5 Å². The third kappa shape index (κ3) is 2.62. The first-order valence-corrected chi connectivity index (χ1v) is 7.03. The summed E-state index contributed by atoms with van der Waals surface area (Å²) in [6.45, 7) is 1.27. The van der Waals surface area contributed by atoms with Gasteiger partial charge in [0.2, 0.25) is 0 Å². The van der Waals surface area contributed by atoms with Crippen LogP contribution in [-0.4, -0.2) is 23.2 Å². The fourth-order valence-electron chi connectivity index (χ4n) is 1.96. The first kappa shape index (κ1) is 12.2. The van der Waals surface area contributed by atoms with E-state index in [1.807, 2.05) is 34.5 Å².